The Morgan fingerprint density at radius 1 is 1.15 bits per heavy atom. The third-order valence-electron chi connectivity index (χ3n) is 4.37. The van der Waals surface area contributed by atoms with Crippen molar-refractivity contribution in [3.05, 3.63) is 35.4 Å². The number of nitrogens with zero attached hydrogens (tertiary/aromatic N) is 1. The van der Waals surface area contributed by atoms with Crippen LogP contribution in [0.3, 0.4) is 0 Å². The summed E-state index contributed by atoms with van der Waals surface area (Å²) in [5, 5.41) is 3.58. The Kier molecular flexibility index (Phi) is 6.55. The van der Waals surface area contributed by atoms with E-state index in [0.29, 0.717) is 6.04 Å². The third kappa shape index (κ3) is 4.92. The van der Waals surface area contributed by atoms with Crippen LogP contribution in [0.15, 0.2) is 24.3 Å². The van der Waals surface area contributed by atoms with E-state index in [1.165, 1.54) is 51.7 Å². The Bertz CT molecular complexity index is 362. The summed E-state index contributed by atoms with van der Waals surface area (Å²) in [5.74, 6) is 0. The standard InChI is InChI=1S/C18H30N2/c1-3-12-19-16(2)7-6-13-20-14-10-17-8-4-5-9-18(17)11-15-20/h4-5,8-9,16,19H,3,6-7,10-15H2,1-2H3. The monoisotopic (exact) mass is 274 g/mol. The maximum Gasteiger partial charge on any atom is 0.00391 e. The highest BCUT2D eigenvalue weighted by atomic mass is 15.1. The molecule has 0 aliphatic carbocycles. The van der Waals surface area contributed by atoms with Crippen molar-refractivity contribution in [2.24, 2.45) is 0 Å². The lowest BCUT2D eigenvalue weighted by molar-refractivity contribution is 0.276. The highest BCUT2D eigenvalue weighted by Crippen LogP contribution is 2.15. The van der Waals surface area contributed by atoms with Gasteiger partial charge in [0.25, 0.3) is 0 Å². The van der Waals surface area contributed by atoms with Crippen molar-refractivity contribution >= 4 is 0 Å². The molecule has 2 nitrogen and oxygen atoms in total. The van der Waals surface area contributed by atoms with E-state index in [1.807, 2.05) is 0 Å². The maximum absolute atomic E-state index is 3.58. The maximum atomic E-state index is 3.58. The van der Waals surface area contributed by atoms with E-state index in [-0.39, 0.29) is 0 Å². The van der Waals surface area contributed by atoms with Gasteiger partial charge in [-0.25, -0.2) is 0 Å². The van der Waals surface area contributed by atoms with E-state index in [2.05, 4.69) is 48.3 Å². The molecule has 1 aromatic carbocycles. The van der Waals surface area contributed by atoms with Gasteiger partial charge in [0.15, 0.2) is 0 Å². The molecule has 0 bridgehead atoms. The molecule has 1 heterocycles. The van der Waals surface area contributed by atoms with Crippen LogP contribution in [0.25, 0.3) is 0 Å². The van der Waals surface area contributed by atoms with Gasteiger partial charge in [-0.3, -0.25) is 0 Å². The topological polar surface area (TPSA) is 15.3 Å². The highest BCUT2D eigenvalue weighted by Gasteiger charge is 2.13. The average Bonchev–Trinajstić information content (AvgIpc) is 2.68. The zero-order valence-corrected chi connectivity index (χ0v) is 13.2. The zero-order chi connectivity index (χ0) is 14.2. The van der Waals surface area contributed by atoms with E-state index in [1.54, 1.807) is 11.1 Å². The van der Waals surface area contributed by atoms with Crippen LogP contribution in [0.2, 0.25) is 0 Å². The van der Waals surface area contributed by atoms with Crippen molar-refractivity contribution in [1.82, 2.24) is 10.2 Å². The van der Waals surface area contributed by atoms with Crippen LogP contribution in [-0.4, -0.2) is 37.1 Å². The Morgan fingerprint density at radius 3 is 2.40 bits per heavy atom. The van der Waals surface area contributed by atoms with Crippen molar-refractivity contribution in [3.63, 3.8) is 0 Å². The van der Waals surface area contributed by atoms with Crippen molar-refractivity contribution in [2.75, 3.05) is 26.2 Å². The molecule has 0 spiro atoms. The van der Waals surface area contributed by atoms with Gasteiger partial charge in [-0.2, -0.15) is 0 Å². The lowest BCUT2D eigenvalue weighted by atomic mass is 10.0. The van der Waals surface area contributed by atoms with Crippen molar-refractivity contribution in [1.29, 1.82) is 0 Å². The Hall–Kier alpha value is -0.860. The van der Waals surface area contributed by atoms with Crippen LogP contribution < -0.4 is 5.32 Å². The number of hydrogen-bond donors (Lipinski definition) is 1. The molecule has 1 unspecified atom stereocenters. The number of fused-ring (bicyclic) bond motifs is 1. The lowest BCUT2D eigenvalue weighted by Gasteiger charge is -2.21. The fraction of sp³-hybridized carbons (Fsp3) is 0.667. The summed E-state index contributed by atoms with van der Waals surface area (Å²) < 4.78 is 0. The van der Waals surface area contributed by atoms with Crippen molar-refractivity contribution < 1.29 is 0 Å². The summed E-state index contributed by atoms with van der Waals surface area (Å²) in [6.45, 7) is 9.41. The molecule has 0 amide bonds. The van der Waals surface area contributed by atoms with Crippen molar-refractivity contribution in [2.45, 2.75) is 52.0 Å². The molecule has 1 aliphatic rings. The molecule has 20 heavy (non-hydrogen) atoms. The van der Waals surface area contributed by atoms with Crippen LogP contribution in [0, 0.1) is 0 Å². The smallest absolute Gasteiger partial charge is 0.00391 e. The summed E-state index contributed by atoms with van der Waals surface area (Å²) in [6.07, 6.45) is 6.28. The predicted molar refractivity (Wildman–Crippen MR) is 87.3 cm³/mol. The summed E-state index contributed by atoms with van der Waals surface area (Å²) in [4.78, 5) is 2.65. The fourth-order valence-electron chi connectivity index (χ4n) is 3.05. The summed E-state index contributed by atoms with van der Waals surface area (Å²) >= 11 is 0. The van der Waals surface area contributed by atoms with Gasteiger partial charge in [0, 0.05) is 19.1 Å². The molecule has 0 fully saturated rings. The first-order valence-electron chi connectivity index (χ1n) is 8.32. The molecular weight excluding hydrogens is 244 g/mol. The minimum absolute atomic E-state index is 0.666. The molecule has 0 radical (unpaired) electrons. The molecule has 2 rings (SSSR count). The molecule has 0 saturated heterocycles. The SMILES string of the molecule is CCCNC(C)CCCN1CCc2ccccc2CC1. The summed E-state index contributed by atoms with van der Waals surface area (Å²) in [7, 11) is 0. The second kappa shape index (κ2) is 8.43. The molecule has 1 aromatic rings. The van der Waals surface area contributed by atoms with E-state index in [0.717, 1.165) is 6.54 Å². The first kappa shape index (κ1) is 15.5. The van der Waals surface area contributed by atoms with Crippen LogP contribution in [0.1, 0.15) is 44.2 Å². The lowest BCUT2D eigenvalue weighted by Crippen LogP contribution is -2.30. The van der Waals surface area contributed by atoms with Gasteiger partial charge in [-0.1, -0.05) is 31.2 Å². The molecule has 1 aliphatic heterocycles. The van der Waals surface area contributed by atoms with Gasteiger partial charge >= 0.3 is 0 Å². The minimum Gasteiger partial charge on any atom is -0.314 e. The highest BCUT2D eigenvalue weighted by molar-refractivity contribution is 5.28. The van der Waals surface area contributed by atoms with Crippen LogP contribution in [0.5, 0.6) is 0 Å². The third-order valence-corrected chi connectivity index (χ3v) is 4.37. The number of benzene rings is 1. The first-order chi connectivity index (χ1) is 9.79. The molecule has 0 aromatic heterocycles. The molecule has 0 saturated carbocycles. The second-order valence-electron chi connectivity index (χ2n) is 6.11. The Morgan fingerprint density at radius 2 is 1.80 bits per heavy atom. The molecule has 1 N–H and O–H groups in total. The van der Waals surface area contributed by atoms with Gasteiger partial charge < -0.3 is 10.2 Å². The summed E-state index contributed by atoms with van der Waals surface area (Å²) in [5.41, 5.74) is 3.13. The second-order valence-corrected chi connectivity index (χ2v) is 6.11. The van der Waals surface area contributed by atoms with E-state index < -0.39 is 0 Å². The van der Waals surface area contributed by atoms with E-state index in [4.69, 9.17) is 0 Å². The van der Waals surface area contributed by atoms with Crippen LogP contribution in [-0.2, 0) is 12.8 Å². The van der Waals surface area contributed by atoms with Gasteiger partial charge in [0.05, 0.1) is 0 Å². The molecular formula is C18H30N2. The Labute approximate surface area is 124 Å². The minimum atomic E-state index is 0.666. The van der Waals surface area contributed by atoms with Crippen LogP contribution >= 0.6 is 0 Å². The van der Waals surface area contributed by atoms with Gasteiger partial charge in [0.1, 0.15) is 0 Å². The number of rotatable bonds is 7. The van der Waals surface area contributed by atoms with Crippen LogP contribution in [0.4, 0.5) is 0 Å². The quantitative estimate of drug-likeness (QED) is 0.821. The molecule has 1 atom stereocenters. The number of hydrogen-bond acceptors (Lipinski definition) is 2. The van der Waals surface area contributed by atoms with E-state index >= 15 is 0 Å². The summed E-state index contributed by atoms with van der Waals surface area (Å²) in [6, 6.07) is 9.62. The Balaban J connectivity index is 1.68. The van der Waals surface area contributed by atoms with Crippen molar-refractivity contribution in [3.8, 4) is 0 Å². The predicted octanol–water partition coefficient (Wildman–Crippen LogP) is 3.26. The van der Waals surface area contributed by atoms with Gasteiger partial charge in [-0.15, -0.1) is 0 Å². The molecule has 112 valence electrons. The van der Waals surface area contributed by atoms with Gasteiger partial charge in [-0.05, 0) is 63.2 Å². The van der Waals surface area contributed by atoms with Gasteiger partial charge in [0.2, 0.25) is 0 Å². The normalized spacial score (nSPS) is 17.5. The largest absolute Gasteiger partial charge is 0.314 e. The molecule has 2 heteroatoms. The first-order valence-corrected chi connectivity index (χ1v) is 8.32. The fourth-order valence-corrected chi connectivity index (χ4v) is 3.05. The number of nitrogens with one attached hydrogen (secondary N) is 1. The average molecular weight is 274 g/mol. The zero-order valence-electron chi connectivity index (χ0n) is 13.2. The van der Waals surface area contributed by atoms with E-state index in [9.17, 15) is 0 Å².